The van der Waals surface area contributed by atoms with Gasteiger partial charge in [0.1, 0.15) is 12.1 Å². The number of fused-ring (bicyclic) bond motifs is 1. The summed E-state index contributed by atoms with van der Waals surface area (Å²) >= 11 is 0. The molecule has 0 saturated carbocycles. The van der Waals surface area contributed by atoms with Gasteiger partial charge in [-0.15, -0.1) is 0 Å². The highest BCUT2D eigenvalue weighted by molar-refractivity contribution is 5.47. The summed E-state index contributed by atoms with van der Waals surface area (Å²) < 4.78 is 45.8. The smallest absolute Gasteiger partial charge is 0.376 e. The molecule has 0 spiro atoms. The molecule has 6 nitrogen and oxygen atoms in total. The number of anilines is 1. The summed E-state index contributed by atoms with van der Waals surface area (Å²) in [7, 11) is 1.72. The maximum absolute atomic E-state index is 13.0. The van der Waals surface area contributed by atoms with Crippen molar-refractivity contribution < 1.29 is 17.9 Å². The van der Waals surface area contributed by atoms with Crippen LogP contribution in [0.25, 0.3) is 5.78 Å². The van der Waals surface area contributed by atoms with Crippen molar-refractivity contribution in [2.75, 3.05) is 25.1 Å². The molecule has 2 aromatic rings. The zero-order valence-corrected chi connectivity index (χ0v) is 12.0. The Bertz CT molecular complexity index is 651. The molecule has 0 amide bonds. The third-order valence-electron chi connectivity index (χ3n) is 3.67. The van der Waals surface area contributed by atoms with Crippen molar-refractivity contribution in [2.45, 2.75) is 31.5 Å². The molecule has 120 valence electrons. The third-order valence-corrected chi connectivity index (χ3v) is 3.67. The Morgan fingerprint density at radius 3 is 2.91 bits per heavy atom. The van der Waals surface area contributed by atoms with Crippen LogP contribution in [0.3, 0.4) is 0 Å². The van der Waals surface area contributed by atoms with E-state index in [2.05, 4.69) is 15.1 Å². The first-order valence-electron chi connectivity index (χ1n) is 7.06. The molecule has 3 rings (SSSR count). The lowest BCUT2D eigenvalue weighted by Crippen LogP contribution is -2.34. The molecule has 0 aliphatic carbocycles. The van der Waals surface area contributed by atoms with Crippen molar-refractivity contribution in [2.24, 2.45) is 0 Å². The average molecular weight is 315 g/mol. The molecule has 1 aliphatic heterocycles. The number of hydrogen-bond donors (Lipinski definition) is 0. The molecule has 1 atom stereocenters. The van der Waals surface area contributed by atoms with Crippen molar-refractivity contribution in [3.8, 4) is 0 Å². The van der Waals surface area contributed by atoms with Crippen LogP contribution >= 0.6 is 0 Å². The Kier molecular flexibility index (Phi) is 3.90. The predicted octanol–water partition coefficient (Wildman–Crippen LogP) is 2.15. The van der Waals surface area contributed by atoms with Crippen molar-refractivity contribution in [1.82, 2.24) is 19.6 Å². The number of ether oxygens (including phenoxy) is 1. The second kappa shape index (κ2) is 5.71. The largest absolute Gasteiger partial charge is 0.433 e. The lowest BCUT2D eigenvalue weighted by molar-refractivity contribution is -0.141. The first kappa shape index (κ1) is 15.0. The molecule has 22 heavy (non-hydrogen) atoms. The highest BCUT2D eigenvalue weighted by atomic mass is 19.4. The number of hydrogen-bond acceptors (Lipinski definition) is 5. The van der Waals surface area contributed by atoms with Gasteiger partial charge in [0.05, 0.1) is 6.10 Å². The van der Waals surface area contributed by atoms with Crippen molar-refractivity contribution in [3.05, 3.63) is 18.1 Å². The van der Waals surface area contributed by atoms with Crippen LogP contribution in [0.1, 0.15) is 25.0 Å². The molecule has 2 aromatic heterocycles. The SMILES string of the molecule is CN(C[C@@H]1CCCCO1)c1cc(C(F)(F)F)nc2ncnn12. The molecule has 0 radical (unpaired) electrons. The number of aromatic nitrogens is 4. The minimum absolute atomic E-state index is 0.0137. The number of nitrogens with zero attached hydrogens (tertiary/aromatic N) is 5. The molecular formula is C13H16F3N5O. The second-order valence-corrected chi connectivity index (χ2v) is 5.34. The van der Waals surface area contributed by atoms with E-state index in [-0.39, 0.29) is 11.9 Å². The van der Waals surface area contributed by atoms with Gasteiger partial charge in [-0.1, -0.05) is 0 Å². The first-order valence-corrected chi connectivity index (χ1v) is 7.06. The molecule has 0 N–H and O–H groups in total. The summed E-state index contributed by atoms with van der Waals surface area (Å²) in [5.41, 5.74) is -0.973. The number of rotatable bonds is 3. The maximum Gasteiger partial charge on any atom is 0.433 e. The Hall–Kier alpha value is -1.90. The number of alkyl halides is 3. The molecule has 9 heteroatoms. The van der Waals surface area contributed by atoms with Gasteiger partial charge in [0.25, 0.3) is 5.78 Å². The highest BCUT2D eigenvalue weighted by Gasteiger charge is 2.34. The van der Waals surface area contributed by atoms with Crippen molar-refractivity contribution >= 4 is 11.6 Å². The van der Waals surface area contributed by atoms with Gasteiger partial charge in [0, 0.05) is 26.3 Å². The zero-order chi connectivity index (χ0) is 15.7. The Labute approximate surface area is 124 Å². The fraction of sp³-hybridized carbons (Fsp3) is 0.615. The summed E-state index contributed by atoms with van der Waals surface area (Å²) in [6, 6.07) is 0.991. The zero-order valence-electron chi connectivity index (χ0n) is 12.0. The van der Waals surface area contributed by atoms with E-state index in [9.17, 15) is 13.2 Å². The standard InChI is InChI=1S/C13H16F3N5O/c1-20(7-9-4-2-3-5-22-9)11-6-10(13(14,15)16)19-12-17-8-18-21(11)12/h6,8-9H,2-5,7H2,1H3/t9-/m0/s1. The second-order valence-electron chi connectivity index (χ2n) is 5.34. The molecule has 0 unspecified atom stereocenters. The average Bonchev–Trinajstić information content (AvgIpc) is 2.94. The van der Waals surface area contributed by atoms with E-state index in [4.69, 9.17) is 4.74 Å². The summed E-state index contributed by atoms with van der Waals surface area (Å²) in [5.74, 6) is 0.227. The van der Waals surface area contributed by atoms with Gasteiger partial charge in [-0.3, -0.25) is 0 Å². The van der Waals surface area contributed by atoms with Crippen LogP contribution in [0.2, 0.25) is 0 Å². The Morgan fingerprint density at radius 1 is 1.41 bits per heavy atom. The number of likely N-dealkylation sites (N-methyl/N-ethyl adjacent to an activating group) is 1. The summed E-state index contributed by atoms with van der Waals surface area (Å²) in [5, 5.41) is 3.95. The maximum atomic E-state index is 13.0. The Morgan fingerprint density at radius 2 is 2.23 bits per heavy atom. The summed E-state index contributed by atoms with van der Waals surface area (Å²) in [6.07, 6.45) is -0.314. The van der Waals surface area contributed by atoms with E-state index in [1.54, 1.807) is 11.9 Å². The van der Waals surface area contributed by atoms with E-state index < -0.39 is 11.9 Å². The van der Waals surface area contributed by atoms with E-state index in [0.717, 1.165) is 25.3 Å². The molecule has 0 bridgehead atoms. The normalized spacial score (nSPS) is 19.5. The predicted molar refractivity (Wildman–Crippen MR) is 72.6 cm³/mol. The van der Waals surface area contributed by atoms with Crippen LogP contribution in [0.5, 0.6) is 0 Å². The van der Waals surface area contributed by atoms with Gasteiger partial charge in [-0.05, 0) is 19.3 Å². The van der Waals surface area contributed by atoms with Crippen LogP contribution in [0, 0.1) is 0 Å². The van der Waals surface area contributed by atoms with Crippen molar-refractivity contribution in [3.63, 3.8) is 0 Å². The summed E-state index contributed by atoms with van der Waals surface area (Å²) in [4.78, 5) is 8.97. The van der Waals surface area contributed by atoms with Gasteiger partial charge in [-0.2, -0.15) is 27.8 Å². The monoisotopic (exact) mass is 315 g/mol. The van der Waals surface area contributed by atoms with E-state index in [1.165, 1.54) is 10.8 Å². The van der Waals surface area contributed by atoms with E-state index in [1.807, 2.05) is 0 Å². The van der Waals surface area contributed by atoms with Crippen LogP contribution in [0.15, 0.2) is 12.4 Å². The molecule has 1 fully saturated rings. The minimum atomic E-state index is -4.52. The van der Waals surface area contributed by atoms with Crippen LogP contribution < -0.4 is 4.90 Å². The molecule has 0 aromatic carbocycles. The van der Waals surface area contributed by atoms with Gasteiger partial charge in [-0.25, -0.2) is 4.98 Å². The van der Waals surface area contributed by atoms with Gasteiger partial charge < -0.3 is 9.64 Å². The Balaban J connectivity index is 1.92. The van der Waals surface area contributed by atoms with Crippen LogP contribution in [0.4, 0.5) is 19.0 Å². The molecular weight excluding hydrogens is 299 g/mol. The van der Waals surface area contributed by atoms with Crippen LogP contribution in [-0.4, -0.2) is 45.9 Å². The van der Waals surface area contributed by atoms with E-state index in [0.29, 0.717) is 19.0 Å². The highest BCUT2D eigenvalue weighted by Crippen LogP contribution is 2.30. The molecule has 1 aliphatic rings. The quantitative estimate of drug-likeness (QED) is 0.869. The van der Waals surface area contributed by atoms with Gasteiger partial charge >= 0.3 is 6.18 Å². The lowest BCUT2D eigenvalue weighted by atomic mass is 10.1. The first-order chi connectivity index (χ1) is 10.4. The van der Waals surface area contributed by atoms with Crippen molar-refractivity contribution in [1.29, 1.82) is 0 Å². The lowest BCUT2D eigenvalue weighted by Gasteiger charge is -2.28. The fourth-order valence-electron chi connectivity index (χ4n) is 2.56. The van der Waals surface area contributed by atoms with E-state index >= 15 is 0 Å². The molecule has 1 saturated heterocycles. The summed E-state index contributed by atoms with van der Waals surface area (Å²) in [6.45, 7) is 1.19. The third kappa shape index (κ3) is 2.99. The molecule has 3 heterocycles. The van der Waals surface area contributed by atoms with Crippen LogP contribution in [-0.2, 0) is 10.9 Å². The fourth-order valence-corrected chi connectivity index (χ4v) is 2.56. The van der Waals surface area contributed by atoms with Gasteiger partial charge in [0.15, 0.2) is 5.69 Å². The van der Waals surface area contributed by atoms with Gasteiger partial charge in [0.2, 0.25) is 0 Å². The number of halogens is 3. The topological polar surface area (TPSA) is 55.5 Å². The minimum Gasteiger partial charge on any atom is -0.376 e.